The maximum Gasteiger partial charge on any atom is 0.0896 e. The van der Waals surface area contributed by atoms with Gasteiger partial charge in [0.15, 0.2) is 0 Å². The third-order valence-electron chi connectivity index (χ3n) is 1.37. The molecule has 3 nitrogen and oxygen atoms in total. The fourth-order valence-corrected chi connectivity index (χ4v) is 1.65. The summed E-state index contributed by atoms with van der Waals surface area (Å²) in [5.41, 5.74) is 8.47. The Morgan fingerprint density at radius 3 is 3.09 bits per heavy atom. The Bertz CT molecular complexity index is 222. The first-order valence-corrected chi connectivity index (χ1v) is 4.30. The van der Waals surface area contributed by atoms with Gasteiger partial charge >= 0.3 is 0 Å². The van der Waals surface area contributed by atoms with E-state index in [2.05, 4.69) is 4.98 Å². The van der Waals surface area contributed by atoms with Gasteiger partial charge in [-0.2, -0.15) is 0 Å². The van der Waals surface area contributed by atoms with Gasteiger partial charge in [-0.25, -0.2) is 4.98 Å². The minimum atomic E-state index is 0.0626. The van der Waals surface area contributed by atoms with E-state index < -0.39 is 0 Å². The molecule has 0 aliphatic rings. The number of methoxy groups -OCH3 is 1. The Morgan fingerprint density at radius 2 is 2.55 bits per heavy atom. The molecule has 2 N–H and O–H groups in total. The number of hydrogen-bond donors (Lipinski definition) is 1. The number of nitrogens with zero attached hydrogens (tertiary/aromatic N) is 1. The molecule has 0 spiro atoms. The molecule has 4 heteroatoms. The predicted molar refractivity (Wildman–Crippen MR) is 45.4 cm³/mol. The molecule has 1 aromatic rings. The summed E-state index contributed by atoms with van der Waals surface area (Å²) in [4.78, 5) is 5.26. The van der Waals surface area contributed by atoms with Gasteiger partial charge in [0.25, 0.3) is 0 Å². The molecule has 62 valence electrons. The zero-order chi connectivity index (χ0) is 8.27. The first kappa shape index (κ1) is 8.64. The molecule has 1 heterocycles. The molecule has 0 aliphatic heterocycles. The van der Waals surface area contributed by atoms with E-state index in [1.165, 1.54) is 0 Å². The summed E-state index contributed by atoms with van der Waals surface area (Å²) in [5, 5.41) is 0. The average Bonchev–Trinajstić information content (AvgIpc) is 2.36. The molecule has 0 aromatic carbocycles. The van der Waals surface area contributed by atoms with Crippen LogP contribution < -0.4 is 5.73 Å². The van der Waals surface area contributed by atoms with Gasteiger partial charge in [-0.1, -0.05) is 0 Å². The van der Waals surface area contributed by atoms with E-state index in [-0.39, 0.29) is 6.04 Å². The summed E-state index contributed by atoms with van der Waals surface area (Å²) in [6.07, 6.45) is 0. The molecule has 1 aromatic heterocycles. The second kappa shape index (κ2) is 3.80. The summed E-state index contributed by atoms with van der Waals surface area (Å²) in [7, 11) is 1.66. The smallest absolute Gasteiger partial charge is 0.0896 e. The number of nitrogens with two attached hydrogens (primary N) is 1. The lowest BCUT2D eigenvalue weighted by atomic mass is 10.2. The zero-order valence-corrected chi connectivity index (χ0v) is 7.52. The van der Waals surface area contributed by atoms with Crippen LogP contribution in [-0.2, 0) is 11.3 Å². The highest BCUT2D eigenvalue weighted by atomic mass is 32.1. The van der Waals surface area contributed by atoms with E-state index >= 15 is 0 Å². The predicted octanol–water partition coefficient (Wildman–Crippen LogP) is 1.31. The quantitative estimate of drug-likeness (QED) is 0.747. The molecule has 11 heavy (non-hydrogen) atoms. The van der Waals surface area contributed by atoms with Crippen molar-refractivity contribution in [2.45, 2.75) is 19.6 Å². The van der Waals surface area contributed by atoms with Gasteiger partial charge in [0.05, 0.1) is 17.8 Å². The van der Waals surface area contributed by atoms with Gasteiger partial charge in [-0.05, 0) is 6.92 Å². The highest BCUT2D eigenvalue weighted by Gasteiger charge is 2.08. The third kappa shape index (κ3) is 1.99. The van der Waals surface area contributed by atoms with Crippen molar-refractivity contribution in [3.8, 4) is 0 Å². The summed E-state index contributed by atoms with van der Waals surface area (Å²) >= 11 is 1.58. The third-order valence-corrected chi connectivity index (χ3v) is 2.44. The van der Waals surface area contributed by atoms with Crippen molar-refractivity contribution < 1.29 is 4.74 Å². The van der Waals surface area contributed by atoms with Gasteiger partial charge in [0, 0.05) is 18.0 Å². The lowest BCUT2D eigenvalue weighted by molar-refractivity contribution is 0.181. The molecule has 0 aliphatic carbocycles. The topological polar surface area (TPSA) is 48.1 Å². The van der Waals surface area contributed by atoms with Crippen molar-refractivity contribution in [1.82, 2.24) is 4.98 Å². The van der Waals surface area contributed by atoms with Crippen LogP contribution in [0.5, 0.6) is 0 Å². The SMILES string of the molecule is COCc1ncsc1C(C)N. The van der Waals surface area contributed by atoms with Crippen molar-refractivity contribution >= 4 is 11.3 Å². The van der Waals surface area contributed by atoms with E-state index in [1.807, 2.05) is 6.92 Å². The summed E-state index contributed by atoms with van der Waals surface area (Å²) in [5.74, 6) is 0. The lowest BCUT2D eigenvalue weighted by Crippen LogP contribution is -2.06. The van der Waals surface area contributed by atoms with Crippen molar-refractivity contribution in [1.29, 1.82) is 0 Å². The molecule has 0 radical (unpaired) electrons. The summed E-state index contributed by atoms with van der Waals surface area (Å²) in [6, 6.07) is 0.0626. The maximum atomic E-state index is 5.70. The highest BCUT2D eigenvalue weighted by molar-refractivity contribution is 7.09. The Balaban J connectivity index is 2.78. The van der Waals surface area contributed by atoms with Gasteiger partial charge in [0.1, 0.15) is 0 Å². The van der Waals surface area contributed by atoms with Crippen LogP contribution in [0, 0.1) is 0 Å². The fraction of sp³-hybridized carbons (Fsp3) is 0.571. The minimum Gasteiger partial charge on any atom is -0.378 e. The van der Waals surface area contributed by atoms with Crippen molar-refractivity contribution in [2.75, 3.05) is 7.11 Å². The normalized spacial score (nSPS) is 13.4. The van der Waals surface area contributed by atoms with Gasteiger partial charge < -0.3 is 10.5 Å². The van der Waals surface area contributed by atoms with Crippen molar-refractivity contribution in [3.63, 3.8) is 0 Å². The second-order valence-corrected chi connectivity index (χ2v) is 3.27. The van der Waals surface area contributed by atoms with Crippen LogP contribution in [0.15, 0.2) is 5.51 Å². The Hall–Kier alpha value is -0.450. The van der Waals surface area contributed by atoms with Crippen molar-refractivity contribution in [2.24, 2.45) is 5.73 Å². The largest absolute Gasteiger partial charge is 0.378 e. The standard InChI is InChI=1S/C7H12N2OS/c1-5(8)7-6(3-10-2)9-4-11-7/h4-5H,3,8H2,1-2H3. The Kier molecular flexibility index (Phi) is 2.99. The summed E-state index contributed by atoms with van der Waals surface area (Å²) < 4.78 is 4.97. The van der Waals surface area contributed by atoms with Crippen LogP contribution in [-0.4, -0.2) is 12.1 Å². The Morgan fingerprint density at radius 1 is 1.82 bits per heavy atom. The molecule has 0 amide bonds. The van der Waals surface area contributed by atoms with Crippen LogP contribution in [0.4, 0.5) is 0 Å². The highest BCUT2D eigenvalue weighted by Crippen LogP contribution is 2.20. The lowest BCUT2D eigenvalue weighted by Gasteiger charge is -2.03. The molecule has 0 bridgehead atoms. The van der Waals surface area contributed by atoms with Gasteiger partial charge in [-0.3, -0.25) is 0 Å². The van der Waals surface area contributed by atoms with Crippen LogP contribution in [0.2, 0.25) is 0 Å². The zero-order valence-electron chi connectivity index (χ0n) is 6.70. The average molecular weight is 172 g/mol. The minimum absolute atomic E-state index is 0.0626. The van der Waals surface area contributed by atoms with Crippen LogP contribution in [0.1, 0.15) is 23.5 Å². The van der Waals surface area contributed by atoms with Gasteiger partial charge in [0.2, 0.25) is 0 Å². The fourth-order valence-electron chi connectivity index (χ4n) is 0.894. The molecule has 1 rings (SSSR count). The molecule has 1 unspecified atom stereocenters. The van der Waals surface area contributed by atoms with Crippen LogP contribution in [0.3, 0.4) is 0 Å². The maximum absolute atomic E-state index is 5.70. The molecular weight excluding hydrogens is 160 g/mol. The van der Waals surface area contributed by atoms with E-state index in [0.29, 0.717) is 6.61 Å². The number of aromatic nitrogens is 1. The van der Waals surface area contributed by atoms with Crippen LogP contribution in [0.25, 0.3) is 0 Å². The number of thiazole rings is 1. The molecule has 0 saturated carbocycles. The van der Waals surface area contributed by atoms with E-state index in [4.69, 9.17) is 10.5 Å². The monoisotopic (exact) mass is 172 g/mol. The van der Waals surface area contributed by atoms with Gasteiger partial charge in [-0.15, -0.1) is 11.3 Å². The molecule has 1 atom stereocenters. The number of hydrogen-bond acceptors (Lipinski definition) is 4. The molecular formula is C7H12N2OS. The van der Waals surface area contributed by atoms with E-state index in [1.54, 1.807) is 24.0 Å². The van der Waals surface area contributed by atoms with E-state index in [0.717, 1.165) is 10.6 Å². The summed E-state index contributed by atoms with van der Waals surface area (Å²) in [6.45, 7) is 2.51. The van der Waals surface area contributed by atoms with Crippen LogP contribution >= 0.6 is 11.3 Å². The number of rotatable bonds is 3. The first-order valence-electron chi connectivity index (χ1n) is 3.42. The first-order chi connectivity index (χ1) is 5.25. The second-order valence-electron chi connectivity index (χ2n) is 2.38. The van der Waals surface area contributed by atoms with E-state index in [9.17, 15) is 0 Å². The van der Waals surface area contributed by atoms with Crippen molar-refractivity contribution in [3.05, 3.63) is 16.1 Å². The molecule has 0 saturated heterocycles. The number of ether oxygens (including phenoxy) is 1. The molecule has 0 fully saturated rings. The Labute approximate surface area is 70.2 Å².